The van der Waals surface area contributed by atoms with Crippen LogP contribution in [0.3, 0.4) is 0 Å². The van der Waals surface area contributed by atoms with E-state index in [1.807, 2.05) is 7.05 Å². The standard InChI is InChI=1S/C25H42N4O2/c1-26-24(28-21-25(12-6-13-25)14-19-30-2)27-15-7-18-31-23-10-16-29(17-11-23)20-22-8-4-3-5-9-22/h3-5,8-9,23H,6-7,10-21H2,1-2H3,(H2,26,27,28). The molecule has 6 nitrogen and oxygen atoms in total. The Hall–Kier alpha value is -1.63. The lowest BCUT2D eigenvalue weighted by Gasteiger charge is -2.42. The number of aliphatic imine (C=N–C) groups is 1. The second kappa shape index (κ2) is 13.0. The summed E-state index contributed by atoms with van der Waals surface area (Å²) in [5.41, 5.74) is 1.79. The Morgan fingerprint density at radius 1 is 1.13 bits per heavy atom. The second-order valence-electron chi connectivity index (χ2n) is 9.13. The first-order valence-corrected chi connectivity index (χ1v) is 12.0. The molecule has 1 aliphatic heterocycles. The van der Waals surface area contributed by atoms with Crippen molar-refractivity contribution in [2.45, 2.75) is 57.6 Å². The molecule has 1 aromatic rings. The van der Waals surface area contributed by atoms with Crippen LogP contribution in [-0.2, 0) is 16.0 Å². The maximum Gasteiger partial charge on any atom is 0.190 e. The van der Waals surface area contributed by atoms with Crippen LogP contribution in [-0.4, -0.2) is 70.5 Å². The van der Waals surface area contributed by atoms with Crippen LogP contribution in [0.15, 0.2) is 35.3 Å². The predicted molar refractivity (Wildman–Crippen MR) is 127 cm³/mol. The van der Waals surface area contributed by atoms with E-state index in [0.29, 0.717) is 11.5 Å². The molecule has 2 fully saturated rings. The average molecular weight is 431 g/mol. The highest BCUT2D eigenvalue weighted by Gasteiger charge is 2.36. The largest absolute Gasteiger partial charge is 0.385 e. The molecule has 1 saturated heterocycles. The lowest BCUT2D eigenvalue weighted by molar-refractivity contribution is 0.00533. The molecule has 0 bridgehead atoms. The Kier molecular flexibility index (Phi) is 10.1. The van der Waals surface area contributed by atoms with E-state index in [2.05, 4.69) is 50.9 Å². The Balaban J connectivity index is 1.23. The fourth-order valence-corrected chi connectivity index (χ4v) is 4.61. The summed E-state index contributed by atoms with van der Waals surface area (Å²) in [7, 11) is 3.63. The van der Waals surface area contributed by atoms with Crippen LogP contribution < -0.4 is 10.6 Å². The minimum absolute atomic E-state index is 0.395. The molecule has 2 N–H and O–H groups in total. The summed E-state index contributed by atoms with van der Waals surface area (Å²) >= 11 is 0. The maximum atomic E-state index is 6.14. The summed E-state index contributed by atoms with van der Waals surface area (Å²) < 4.78 is 11.4. The number of nitrogens with zero attached hydrogens (tertiary/aromatic N) is 2. The van der Waals surface area contributed by atoms with Crippen molar-refractivity contribution in [1.82, 2.24) is 15.5 Å². The van der Waals surface area contributed by atoms with Crippen LogP contribution in [0.25, 0.3) is 0 Å². The molecule has 2 aliphatic rings. The Labute approximate surface area is 188 Å². The van der Waals surface area contributed by atoms with Crippen LogP contribution in [0.5, 0.6) is 0 Å². The van der Waals surface area contributed by atoms with Crippen molar-refractivity contribution in [2.75, 3.05) is 53.6 Å². The topological polar surface area (TPSA) is 58.1 Å². The van der Waals surface area contributed by atoms with Gasteiger partial charge in [-0.15, -0.1) is 0 Å². The molecule has 0 unspecified atom stereocenters. The van der Waals surface area contributed by atoms with Gasteiger partial charge >= 0.3 is 0 Å². The highest BCUT2D eigenvalue weighted by Crippen LogP contribution is 2.43. The normalized spacial score (nSPS) is 19.7. The number of nitrogens with one attached hydrogen (secondary N) is 2. The van der Waals surface area contributed by atoms with E-state index in [0.717, 1.165) is 77.6 Å². The molecule has 3 rings (SSSR count). The van der Waals surface area contributed by atoms with Gasteiger partial charge in [0.25, 0.3) is 0 Å². The van der Waals surface area contributed by atoms with Crippen LogP contribution >= 0.6 is 0 Å². The van der Waals surface area contributed by atoms with Gasteiger partial charge in [-0.2, -0.15) is 0 Å². The van der Waals surface area contributed by atoms with Crippen molar-refractivity contribution in [3.8, 4) is 0 Å². The Morgan fingerprint density at radius 2 is 1.90 bits per heavy atom. The summed E-state index contributed by atoms with van der Waals surface area (Å²) in [5.74, 6) is 0.901. The zero-order valence-electron chi connectivity index (χ0n) is 19.6. The highest BCUT2D eigenvalue weighted by atomic mass is 16.5. The van der Waals surface area contributed by atoms with Gasteiger partial charge in [-0.25, -0.2) is 0 Å². The van der Waals surface area contributed by atoms with E-state index in [-0.39, 0.29) is 0 Å². The van der Waals surface area contributed by atoms with E-state index in [1.54, 1.807) is 7.11 Å². The van der Waals surface area contributed by atoms with Crippen LogP contribution in [0, 0.1) is 5.41 Å². The first-order valence-electron chi connectivity index (χ1n) is 12.0. The third-order valence-corrected chi connectivity index (χ3v) is 6.86. The van der Waals surface area contributed by atoms with Gasteiger partial charge in [0, 0.05) is 60.1 Å². The summed E-state index contributed by atoms with van der Waals surface area (Å²) in [5, 5.41) is 6.96. The first kappa shape index (κ1) is 24.0. The molecule has 0 radical (unpaired) electrons. The number of guanidine groups is 1. The smallest absolute Gasteiger partial charge is 0.190 e. The number of hydrogen-bond donors (Lipinski definition) is 2. The van der Waals surface area contributed by atoms with Gasteiger partial charge in [0.2, 0.25) is 0 Å². The summed E-state index contributed by atoms with van der Waals surface area (Å²) in [6.45, 7) is 6.82. The summed E-state index contributed by atoms with van der Waals surface area (Å²) in [4.78, 5) is 6.91. The van der Waals surface area contributed by atoms with Crippen molar-refractivity contribution in [3.05, 3.63) is 35.9 Å². The maximum absolute atomic E-state index is 6.14. The van der Waals surface area contributed by atoms with E-state index in [4.69, 9.17) is 9.47 Å². The van der Waals surface area contributed by atoms with Crippen LogP contribution in [0.4, 0.5) is 0 Å². The quantitative estimate of drug-likeness (QED) is 0.302. The van der Waals surface area contributed by atoms with Crippen LogP contribution in [0.1, 0.15) is 50.5 Å². The molecule has 1 saturated carbocycles. The zero-order valence-corrected chi connectivity index (χ0v) is 19.6. The first-order chi connectivity index (χ1) is 15.2. The molecule has 174 valence electrons. The second-order valence-corrected chi connectivity index (χ2v) is 9.13. The van der Waals surface area contributed by atoms with Gasteiger partial charge in [0.1, 0.15) is 0 Å². The average Bonchev–Trinajstić information content (AvgIpc) is 2.78. The van der Waals surface area contributed by atoms with E-state index in [9.17, 15) is 0 Å². The summed E-state index contributed by atoms with van der Waals surface area (Å²) in [6, 6.07) is 10.7. The SMILES string of the molecule is CN=C(NCCCOC1CCN(Cc2ccccc2)CC1)NCC1(CCOC)CCC1. The van der Waals surface area contributed by atoms with Crippen LogP contribution in [0.2, 0.25) is 0 Å². The highest BCUT2D eigenvalue weighted by molar-refractivity contribution is 5.79. The van der Waals surface area contributed by atoms with E-state index >= 15 is 0 Å². The van der Waals surface area contributed by atoms with Gasteiger partial charge in [-0.1, -0.05) is 36.8 Å². The van der Waals surface area contributed by atoms with Crippen molar-refractivity contribution in [3.63, 3.8) is 0 Å². The number of rotatable bonds is 12. The molecule has 6 heteroatoms. The fourth-order valence-electron chi connectivity index (χ4n) is 4.61. The molecule has 0 spiro atoms. The van der Waals surface area contributed by atoms with Gasteiger partial charge in [-0.05, 0) is 49.5 Å². The molecular formula is C25H42N4O2. The van der Waals surface area contributed by atoms with E-state index in [1.165, 1.54) is 24.8 Å². The fraction of sp³-hybridized carbons (Fsp3) is 0.720. The molecule has 0 atom stereocenters. The third kappa shape index (κ3) is 8.09. The molecule has 31 heavy (non-hydrogen) atoms. The monoisotopic (exact) mass is 430 g/mol. The molecule has 0 aromatic heterocycles. The number of ether oxygens (including phenoxy) is 2. The van der Waals surface area contributed by atoms with Gasteiger partial charge in [-0.3, -0.25) is 9.89 Å². The van der Waals surface area contributed by atoms with Gasteiger partial charge in [0.05, 0.1) is 6.10 Å². The summed E-state index contributed by atoms with van der Waals surface area (Å²) in [6.07, 6.45) is 8.71. The van der Waals surface area contributed by atoms with E-state index < -0.39 is 0 Å². The minimum atomic E-state index is 0.395. The number of hydrogen-bond acceptors (Lipinski definition) is 4. The lowest BCUT2D eigenvalue weighted by Crippen LogP contribution is -2.47. The van der Waals surface area contributed by atoms with Gasteiger partial charge < -0.3 is 20.1 Å². The molecule has 1 aromatic carbocycles. The van der Waals surface area contributed by atoms with Crippen molar-refractivity contribution >= 4 is 5.96 Å². The van der Waals surface area contributed by atoms with Gasteiger partial charge in [0.15, 0.2) is 5.96 Å². The Morgan fingerprint density at radius 3 is 2.55 bits per heavy atom. The molecule has 1 aliphatic carbocycles. The predicted octanol–water partition coefficient (Wildman–Crippen LogP) is 3.43. The number of benzene rings is 1. The number of likely N-dealkylation sites (tertiary alicyclic amines) is 1. The number of methoxy groups -OCH3 is 1. The zero-order chi connectivity index (χ0) is 21.8. The minimum Gasteiger partial charge on any atom is -0.385 e. The Bertz CT molecular complexity index is 640. The third-order valence-electron chi connectivity index (χ3n) is 6.86. The molecule has 1 heterocycles. The van der Waals surface area contributed by atoms with Crippen molar-refractivity contribution < 1.29 is 9.47 Å². The van der Waals surface area contributed by atoms with Crippen molar-refractivity contribution in [1.29, 1.82) is 0 Å². The number of piperidine rings is 1. The van der Waals surface area contributed by atoms with Crippen molar-refractivity contribution in [2.24, 2.45) is 10.4 Å². The lowest BCUT2D eigenvalue weighted by atomic mass is 9.67. The molecule has 0 amide bonds. The molecular weight excluding hydrogens is 388 g/mol.